The molecule has 0 unspecified atom stereocenters. The van der Waals surface area contributed by atoms with Crippen LogP contribution in [0.5, 0.6) is 0 Å². The number of hydrogen-bond donors (Lipinski definition) is 2. The highest BCUT2D eigenvalue weighted by Crippen LogP contribution is 2.19. The SMILES string of the molecule is CN(CC(=O)NC1CC1)S(=O)(=O)c1ccc(CN)cc1. The molecule has 1 aliphatic rings. The topological polar surface area (TPSA) is 92.5 Å². The molecule has 7 heteroatoms. The Morgan fingerprint density at radius 1 is 1.35 bits per heavy atom. The number of likely N-dealkylation sites (N-methyl/N-ethyl adjacent to an activating group) is 1. The van der Waals surface area contributed by atoms with Crippen LogP contribution in [-0.2, 0) is 21.4 Å². The van der Waals surface area contributed by atoms with Crippen molar-refractivity contribution in [3.8, 4) is 0 Å². The Hall–Kier alpha value is -1.44. The van der Waals surface area contributed by atoms with Gasteiger partial charge in [0.25, 0.3) is 0 Å². The molecule has 1 aromatic rings. The molecular weight excluding hydrogens is 278 g/mol. The van der Waals surface area contributed by atoms with Crippen molar-refractivity contribution in [3.05, 3.63) is 29.8 Å². The van der Waals surface area contributed by atoms with Gasteiger partial charge in [-0.25, -0.2) is 8.42 Å². The molecule has 20 heavy (non-hydrogen) atoms. The summed E-state index contributed by atoms with van der Waals surface area (Å²) in [4.78, 5) is 11.8. The first-order valence-electron chi connectivity index (χ1n) is 6.48. The molecule has 0 bridgehead atoms. The number of nitrogens with two attached hydrogens (primary N) is 1. The zero-order valence-corrected chi connectivity index (χ0v) is 12.2. The molecule has 0 atom stereocenters. The molecule has 0 aromatic heterocycles. The lowest BCUT2D eigenvalue weighted by molar-refractivity contribution is -0.121. The van der Waals surface area contributed by atoms with Gasteiger partial charge in [-0.1, -0.05) is 12.1 Å². The number of amides is 1. The molecule has 0 radical (unpaired) electrons. The second kappa shape index (κ2) is 5.90. The minimum atomic E-state index is -3.64. The summed E-state index contributed by atoms with van der Waals surface area (Å²) in [6.45, 7) is 0.192. The molecule has 110 valence electrons. The van der Waals surface area contributed by atoms with E-state index in [1.54, 1.807) is 12.1 Å². The quantitative estimate of drug-likeness (QED) is 0.775. The van der Waals surface area contributed by atoms with Gasteiger partial charge in [-0.05, 0) is 30.5 Å². The average Bonchev–Trinajstić information content (AvgIpc) is 3.22. The highest BCUT2D eigenvalue weighted by atomic mass is 32.2. The number of carbonyl (C=O) groups is 1. The van der Waals surface area contributed by atoms with Crippen LogP contribution in [0.4, 0.5) is 0 Å². The Morgan fingerprint density at radius 3 is 2.45 bits per heavy atom. The number of benzene rings is 1. The fraction of sp³-hybridized carbons (Fsp3) is 0.462. The van der Waals surface area contributed by atoms with E-state index in [2.05, 4.69) is 5.32 Å². The van der Waals surface area contributed by atoms with E-state index in [1.807, 2.05) is 0 Å². The van der Waals surface area contributed by atoms with Crippen LogP contribution in [0.1, 0.15) is 18.4 Å². The molecule has 0 aliphatic heterocycles. The minimum Gasteiger partial charge on any atom is -0.352 e. The number of sulfonamides is 1. The number of rotatable bonds is 6. The van der Waals surface area contributed by atoms with E-state index in [0.29, 0.717) is 6.54 Å². The maximum absolute atomic E-state index is 12.3. The Balaban J connectivity index is 2.05. The van der Waals surface area contributed by atoms with Gasteiger partial charge < -0.3 is 11.1 Å². The largest absolute Gasteiger partial charge is 0.352 e. The highest BCUT2D eigenvalue weighted by molar-refractivity contribution is 7.89. The van der Waals surface area contributed by atoms with Gasteiger partial charge in [0.05, 0.1) is 11.4 Å². The Labute approximate surface area is 119 Å². The van der Waals surface area contributed by atoms with Crippen molar-refractivity contribution in [3.63, 3.8) is 0 Å². The van der Waals surface area contributed by atoms with Crippen LogP contribution in [0.2, 0.25) is 0 Å². The third-order valence-electron chi connectivity index (χ3n) is 3.18. The van der Waals surface area contributed by atoms with Crippen molar-refractivity contribution in [2.75, 3.05) is 13.6 Å². The molecule has 1 amide bonds. The summed E-state index contributed by atoms with van der Waals surface area (Å²) in [5.41, 5.74) is 6.33. The van der Waals surface area contributed by atoms with Gasteiger partial charge >= 0.3 is 0 Å². The van der Waals surface area contributed by atoms with Gasteiger partial charge in [0, 0.05) is 19.6 Å². The highest BCUT2D eigenvalue weighted by Gasteiger charge is 2.27. The normalized spacial score (nSPS) is 15.3. The van der Waals surface area contributed by atoms with E-state index in [9.17, 15) is 13.2 Å². The van der Waals surface area contributed by atoms with Crippen molar-refractivity contribution < 1.29 is 13.2 Å². The zero-order valence-electron chi connectivity index (χ0n) is 11.4. The number of nitrogens with zero attached hydrogens (tertiary/aromatic N) is 1. The van der Waals surface area contributed by atoms with Gasteiger partial charge in [-0.3, -0.25) is 4.79 Å². The predicted octanol–water partition coefficient (Wildman–Crippen LogP) is 0.0444. The first kappa shape index (κ1) is 15.0. The van der Waals surface area contributed by atoms with E-state index in [1.165, 1.54) is 19.2 Å². The van der Waals surface area contributed by atoms with Crippen LogP contribution in [0.15, 0.2) is 29.2 Å². The monoisotopic (exact) mass is 297 g/mol. The third kappa shape index (κ3) is 3.56. The molecule has 2 rings (SSSR count). The molecular formula is C13H19N3O3S. The van der Waals surface area contributed by atoms with Gasteiger partial charge in [0.15, 0.2) is 0 Å². The average molecular weight is 297 g/mol. The van der Waals surface area contributed by atoms with Crippen LogP contribution in [0.3, 0.4) is 0 Å². The number of hydrogen-bond acceptors (Lipinski definition) is 4. The van der Waals surface area contributed by atoms with Gasteiger partial charge in [-0.15, -0.1) is 0 Å². The van der Waals surface area contributed by atoms with Crippen LogP contribution >= 0.6 is 0 Å². The van der Waals surface area contributed by atoms with E-state index in [0.717, 1.165) is 22.7 Å². The maximum Gasteiger partial charge on any atom is 0.243 e. The molecule has 0 saturated heterocycles. The van der Waals surface area contributed by atoms with Crippen LogP contribution < -0.4 is 11.1 Å². The van der Waals surface area contributed by atoms with Crippen LogP contribution in [0, 0.1) is 0 Å². The number of nitrogens with one attached hydrogen (secondary N) is 1. The van der Waals surface area contributed by atoms with Crippen LogP contribution in [0.25, 0.3) is 0 Å². The summed E-state index contributed by atoms with van der Waals surface area (Å²) >= 11 is 0. The Morgan fingerprint density at radius 2 is 1.95 bits per heavy atom. The molecule has 3 N–H and O–H groups in total. The molecule has 6 nitrogen and oxygen atoms in total. The second-order valence-corrected chi connectivity index (χ2v) is 7.00. The molecule has 0 heterocycles. The molecule has 1 fully saturated rings. The fourth-order valence-electron chi connectivity index (χ4n) is 1.77. The van der Waals surface area contributed by atoms with E-state index < -0.39 is 10.0 Å². The third-order valence-corrected chi connectivity index (χ3v) is 4.99. The molecule has 1 saturated carbocycles. The molecule has 0 spiro atoms. The van der Waals surface area contributed by atoms with Crippen molar-refractivity contribution >= 4 is 15.9 Å². The van der Waals surface area contributed by atoms with Crippen molar-refractivity contribution in [1.82, 2.24) is 9.62 Å². The Bertz CT molecular complexity index is 579. The smallest absolute Gasteiger partial charge is 0.243 e. The van der Waals surface area contributed by atoms with Crippen LogP contribution in [-0.4, -0.2) is 38.3 Å². The summed E-state index contributed by atoms with van der Waals surface area (Å²) in [5, 5.41) is 2.76. The van der Waals surface area contributed by atoms with E-state index in [4.69, 9.17) is 5.73 Å². The fourth-order valence-corrected chi connectivity index (χ4v) is 2.89. The first-order valence-corrected chi connectivity index (χ1v) is 7.92. The lowest BCUT2D eigenvalue weighted by Gasteiger charge is -2.17. The molecule has 1 aliphatic carbocycles. The molecule has 1 aromatic carbocycles. The summed E-state index contributed by atoms with van der Waals surface area (Å²) in [5.74, 6) is -0.267. The predicted molar refractivity (Wildman–Crippen MR) is 75.3 cm³/mol. The number of carbonyl (C=O) groups excluding carboxylic acids is 1. The van der Waals surface area contributed by atoms with E-state index >= 15 is 0 Å². The first-order chi connectivity index (χ1) is 9.43. The Kier molecular flexibility index (Phi) is 4.42. The summed E-state index contributed by atoms with van der Waals surface area (Å²) in [7, 11) is -2.24. The minimum absolute atomic E-state index is 0.163. The standard InChI is InChI=1S/C13H19N3O3S/c1-16(9-13(17)15-11-4-5-11)20(18,19)12-6-2-10(8-14)3-7-12/h2-3,6-7,11H,4-5,8-9,14H2,1H3,(H,15,17). The summed E-state index contributed by atoms with van der Waals surface area (Å²) in [6, 6.07) is 6.58. The lowest BCUT2D eigenvalue weighted by atomic mass is 10.2. The van der Waals surface area contributed by atoms with Crippen molar-refractivity contribution in [1.29, 1.82) is 0 Å². The maximum atomic E-state index is 12.3. The van der Waals surface area contributed by atoms with Gasteiger partial charge in [0.2, 0.25) is 15.9 Å². The summed E-state index contributed by atoms with van der Waals surface area (Å²) in [6.07, 6.45) is 1.95. The second-order valence-electron chi connectivity index (χ2n) is 4.95. The zero-order chi connectivity index (χ0) is 14.8. The van der Waals surface area contributed by atoms with Crippen molar-refractivity contribution in [2.45, 2.75) is 30.3 Å². The lowest BCUT2D eigenvalue weighted by Crippen LogP contribution is -2.39. The van der Waals surface area contributed by atoms with Gasteiger partial charge in [-0.2, -0.15) is 4.31 Å². The van der Waals surface area contributed by atoms with E-state index in [-0.39, 0.29) is 23.4 Å². The van der Waals surface area contributed by atoms with Gasteiger partial charge in [0.1, 0.15) is 0 Å². The summed E-state index contributed by atoms with van der Waals surface area (Å²) < 4.78 is 25.6. The van der Waals surface area contributed by atoms with Crippen molar-refractivity contribution in [2.24, 2.45) is 5.73 Å².